The van der Waals surface area contributed by atoms with Gasteiger partial charge in [0.05, 0.1) is 0 Å². The summed E-state index contributed by atoms with van der Waals surface area (Å²) in [6.45, 7) is 14.6. The van der Waals surface area contributed by atoms with Crippen LogP contribution in [0.3, 0.4) is 0 Å². The zero-order valence-electron chi connectivity index (χ0n) is 12.5. The van der Waals surface area contributed by atoms with E-state index in [9.17, 15) is 0 Å². The van der Waals surface area contributed by atoms with Crippen LogP contribution in [0.15, 0.2) is 47.3 Å². The second-order valence-corrected chi connectivity index (χ2v) is 7.27. The van der Waals surface area contributed by atoms with Crippen molar-refractivity contribution in [3.63, 3.8) is 0 Å². The molecule has 0 spiro atoms. The average Bonchev–Trinajstić information content (AvgIpc) is 2.25. The van der Waals surface area contributed by atoms with E-state index in [0.717, 1.165) is 6.54 Å². The quantitative estimate of drug-likeness (QED) is 0.598. The maximum atomic E-state index is 2.38. The molecule has 0 saturated heterocycles. The third-order valence-corrected chi connectivity index (χ3v) is 3.56. The Bertz CT molecular complexity index is 459. The highest BCUT2D eigenvalue weighted by atomic mass is 15.1. The molecule has 1 heteroatoms. The van der Waals surface area contributed by atoms with Crippen LogP contribution in [0.1, 0.15) is 41.5 Å². The van der Waals surface area contributed by atoms with Gasteiger partial charge in [-0.3, -0.25) is 0 Å². The van der Waals surface area contributed by atoms with Gasteiger partial charge in [0, 0.05) is 18.4 Å². The van der Waals surface area contributed by atoms with Crippen LogP contribution in [0.5, 0.6) is 0 Å². The van der Waals surface area contributed by atoms with E-state index < -0.39 is 0 Å². The van der Waals surface area contributed by atoms with E-state index >= 15 is 0 Å². The topological polar surface area (TPSA) is 3.24 Å². The van der Waals surface area contributed by atoms with Gasteiger partial charge in [0.2, 0.25) is 0 Å². The average molecular weight is 243 g/mol. The van der Waals surface area contributed by atoms with Crippen molar-refractivity contribution < 1.29 is 0 Å². The lowest BCUT2D eigenvalue weighted by atomic mass is 9.81. The Balaban J connectivity index is 2.42. The molecule has 0 aromatic carbocycles. The molecule has 18 heavy (non-hydrogen) atoms. The highest BCUT2D eigenvalue weighted by Gasteiger charge is 2.26. The van der Waals surface area contributed by atoms with Crippen molar-refractivity contribution in [2.24, 2.45) is 10.8 Å². The van der Waals surface area contributed by atoms with E-state index in [1.165, 1.54) is 16.8 Å². The van der Waals surface area contributed by atoms with Crippen LogP contribution in [0.25, 0.3) is 0 Å². The summed E-state index contributed by atoms with van der Waals surface area (Å²) in [7, 11) is 0. The SMILES string of the molecule is CC(C)(C)C1=CN2CC=CC(C(C)(C)C)=C2C=C1. The Morgan fingerprint density at radius 3 is 2.11 bits per heavy atom. The fourth-order valence-corrected chi connectivity index (χ4v) is 2.39. The number of rotatable bonds is 0. The van der Waals surface area contributed by atoms with Crippen LogP contribution in [0, 0.1) is 10.8 Å². The van der Waals surface area contributed by atoms with Crippen LogP contribution in [0.4, 0.5) is 0 Å². The van der Waals surface area contributed by atoms with Crippen molar-refractivity contribution in [3.8, 4) is 0 Å². The molecule has 2 aliphatic heterocycles. The third-order valence-electron chi connectivity index (χ3n) is 3.56. The first-order valence-electron chi connectivity index (χ1n) is 6.78. The second kappa shape index (κ2) is 4.15. The first-order chi connectivity index (χ1) is 8.19. The Kier molecular flexibility index (Phi) is 3.04. The summed E-state index contributed by atoms with van der Waals surface area (Å²) in [5.41, 5.74) is 4.59. The fourth-order valence-electron chi connectivity index (χ4n) is 2.39. The molecule has 0 bridgehead atoms. The normalized spacial score (nSPS) is 20.1. The molecule has 1 nitrogen and oxygen atoms in total. The van der Waals surface area contributed by atoms with Crippen LogP contribution in [-0.4, -0.2) is 11.4 Å². The van der Waals surface area contributed by atoms with E-state index in [2.05, 4.69) is 76.9 Å². The van der Waals surface area contributed by atoms with Crippen LogP contribution < -0.4 is 0 Å². The van der Waals surface area contributed by atoms with Gasteiger partial charge >= 0.3 is 0 Å². The first-order valence-corrected chi connectivity index (χ1v) is 6.78. The van der Waals surface area contributed by atoms with E-state index in [4.69, 9.17) is 0 Å². The fraction of sp³-hybridized carbons (Fsp3) is 0.529. The maximum Gasteiger partial charge on any atom is 0.0447 e. The Hall–Kier alpha value is -1.24. The minimum absolute atomic E-state index is 0.196. The molecule has 2 aliphatic rings. The molecule has 0 fully saturated rings. The lowest BCUT2D eigenvalue weighted by molar-refractivity contribution is 0.433. The van der Waals surface area contributed by atoms with Gasteiger partial charge in [-0.1, -0.05) is 59.8 Å². The Morgan fingerprint density at radius 2 is 1.56 bits per heavy atom. The molecule has 98 valence electrons. The minimum Gasteiger partial charge on any atom is -0.344 e. The van der Waals surface area contributed by atoms with Crippen LogP contribution >= 0.6 is 0 Å². The lowest BCUT2D eigenvalue weighted by Crippen LogP contribution is -2.28. The molecular weight excluding hydrogens is 218 g/mol. The number of fused-ring (bicyclic) bond motifs is 1. The summed E-state index contributed by atoms with van der Waals surface area (Å²) < 4.78 is 0. The first kappa shape index (κ1) is 13.2. The highest BCUT2D eigenvalue weighted by Crippen LogP contribution is 2.37. The van der Waals surface area contributed by atoms with Crippen molar-refractivity contribution in [3.05, 3.63) is 47.3 Å². The number of hydrogen-bond acceptors (Lipinski definition) is 1. The molecule has 0 atom stereocenters. The van der Waals surface area contributed by atoms with E-state index in [-0.39, 0.29) is 10.8 Å². The van der Waals surface area contributed by atoms with Gasteiger partial charge in [-0.25, -0.2) is 0 Å². The van der Waals surface area contributed by atoms with Gasteiger partial charge in [0.1, 0.15) is 0 Å². The van der Waals surface area contributed by atoms with Crippen molar-refractivity contribution in [1.29, 1.82) is 0 Å². The standard InChI is InChI=1S/C17H25N/c1-16(2,3)13-9-10-15-14(17(4,5)6)8-7-11-18(15)12-13/h7-10,12H,11H2,1-6H3. The van der Waals surface area contributed by atoms with E-state index in [0.29, 0.717) is 0 Å². The molecule has 2 rings (SSSR count). The van der Waals surface area contributed by atoms with Crippen molar-refractivity contribution in [2.75, 3.05) is 6.54 Å². The second-order valence-electron chi connectivity index (χ2n) is 7.27. The van der Waals surface area contributed by atoms with Gasteiger partial charge in [-0.05, 0) is 28.1 Å². The smallest absolute Gasteiger partial charge is 0.0447 e. The molecule has 2 heterocycles. The van der Waals surface area contributed by atoms with Crippen LogP contribution in [-0.2, 0) is 0 Å². The highest BCUT2D eigenvalue weighted by molar-refractivity contribution is 5.46. The van der Waals surface area contributed by atoms with Gasteiger partial charge in [0.25, 0.3) is 0 Å². The zero-order chi connectivity index (χ0) is 13.6. The predicted molar refractivity (Wildman–Crippen MR) is 79.0 cm³/mol. The minimum atomic E-state index is 0.196. The molecular formula is C17H25N. The monoisotopic (exact) mass is 243 g/mol. The zero-order valence-corrected chi connectivity index (χ0v) is 12.5. The number of nitrogens with zero attached hydrogens (tertiary/aromatic N) is 1. The van der Waals surface area contributed by atoms with Crippen molar-refractivity contribution in [2.45, 2.75) is 41.5 Å². The van der Waals surface area contributed by atoms with Gasteiger partial charge in [-0.15, -0.1) is 0 Å². The molecule has 0 unspecified atom stereocenters. The van der Waals surface area contributed by atoms with E-state index in [1.807, 2.05) is 0 Å². The third kappa shape index (κ3) is 2.45. The van der Waals surface area contributed by atoms with Crippen molar-refractivity contribution in [1.82, 2.24) is 4.90 Å². The van der Waals surface area contributed by atoms with Crippen LogP contribution in [0.2, 0.25) is 0 Å². The molecule has 0 amide bonds. The Morgan fingerprint density at radius 1 is 0.889 bits per heavy atom. The number of hydrogen-bond donors (Lipinski definition) is 0. The largest absolute Gasteiger partial charge is 0.344 e. The summed E-state index contributed by atoms with van der Waals surface area (Å²) in [6, 6.07) is 0. The maximum absolute atomic E-state index is 2.38. The molecule has 0 saturated carbocycles. The number of allylic oxidation sites excluding steroid dienone is 5. The molecule has 0 aromatic rings. The molecule has 0 radical (unpaired) electrons. The van der Waals surface area contributed by atoms with Gasteiger partial charge in [0.15, 0.2) is 0 Å². The predicted octanol–water partition coefficient (Wildman–Crippen LogP) is 4.66. The summed E-state index contributed by atoms with van der Waals surface area (Å²) in [6.07, 6.45) is 11.4. The molecule has 0 aliphatic carbocycles. The van der Waals surface area contributed by atoms with Gasteiger partial charge in [-0.2, -0.15) is 0 Å². The summed E-state index contributed by atoms with van der Waals surface area (Å²) in [5.74, 6) is 0. The molecule has 0 aromatic heterocycles. The van der Waals surface area contributed by atoms with Crippen molar-refractivity contribution >= 4 is 0 Å². The van der Waals surface area contributed by atoms with E-state index in [1.54, 1.807) is 0 Å². The Labute approximate surface area is 112 Å². The van der Waals surface area contributed by atoms with Gasteiger partial charge < -0.3 is 4.90 Å². The summed E-state index contributed by atoms with van der Waals surface area (Å²) in [5, 5.41) is 0. The lowest BCUT2D eigenvalue weighted by Gasteiger charge is -2.36. The summed E-state index contributed by atoms with van der Waals surface area (Å²) in [4.78, 5) is 2.38. The summed E-state index contributed by atoms with van der Waals surface area (Å²) >= 11 is 0. The molecule has 0 N–H and O–H groups in total.